The van der Waals surface area contributed by atoms with Crippen LogP contribution in [0, 0.1) is 0 Å². The smallest absolute Gasteiger partial charge is 0.303 e. The van der Waals surface area contributed by atoms with Crippen molar-refractivity contribution in [2.24, 2.45) is 0 Å². The van der Waals surface area contributed by atoms with Gasteiger partial charge in [-0.2, -0.15) is 0 Å². The first-order valence-corrected chi connectivity index (χ1v) is 6.16. The van der Waals surface area contributed by atoms with Gasteiger partial charge in [-0.3, -0.25) is 9.59 Å². The lowest BCUT2D eigenvalue weighted by Crippen LogP contribution is -2.35. The van der Waals surface area contributed by atoms with E-state index in [2.05, 4.69) is 11.9 Å². The zero-order chi connectivity index (χ0) is 12.8. The van der Waals surface area contributed by atoms with Crippen molar-refractivity contribution in [1.29, 1.82) is 0 Å². The molecule has 1 unspecified atom stereocenters. The molecule has 1 amide bonds. The summed E-state index contributed by atoms with van der Waals surface area (Å²) < 4.78 is 0. The van der Waals surface area contributed by atoms with Gasteiger partial charge < -0.3 is 14.9 Å². The Morgan fingerprint density at radius 2 is 2.18 bits per heavy atom. The van der Waals surface area contributed by atoms with Crippen molar-refractivity contribution in [2.75, 3.05) is 27.2 Å². The molecule has 0 bridgehead atoms. The van der Waals surface area contributed by atoms with Crippen LogP contribution in [-0.4, -0.2) is 60.0 Å². The quantitative estimate of drug-likeness (QED) is 0.748. The molecule has 17 heavy (non-hydrogen) atoms. The van der Waals surface area contributed by atoms with E-state index in [4.69, 9.17) is 5.11 Å². The zero-order valence-electron chi connectivity index (χ0n) is 10.7. The highest BCUT2D eigenvalue weighted by atomic mass is 16.4. The molecular formula is C12H22N2O3. The fourth-order valence-corrected chi connectivity index (χ4v) is 2.19. The van der Waals surface area contributed by atoms with E-state index in [0.717, 1.165) is 19.4 Å². The van der Waals surface area contributed by atoms with Crippen LogP contribution in [0.1, 0.15) is 32.1 Å². The number of carbonyl (C=O) groups excluding carboxylic acids is 1. The molecule has 98 valence electrons. The largest absolute Gasteiger partial charge is 0.481 e. The third kappa shape index (κ3) is 4.73. The fraction of sp³-hybridized carbons (Fsp3) is 0.833. The molecule has 0 saturated carbocycles. The Balaban J connectivity index is 2.24. The average molecular weight is 242 g/mol. The molecule has 0 radical (unpaired) electrons. The number of nitrogens with zero attached hydrogens (tertiary/aromatic N) is 2. The number of aliphatic carboxylic acids is 1. The molecule has 1 rings (SSSR count). The van der Waals surface area contributed by atoms with Crippen LogP contribution in [0.15, 0.2) is 0 Å². The lowest BCUT2D eigenvalue weighted by molar-refractivity contribution is -0.138. The molecule has 0 spiro atoms. The third-order valence-corrected chi connectivity index (χ3v) is 3.39. The maximum absolute atomic E-state index is 11.9. The second-order valence-corrected chi connectivity index (χ2v) is 4.79. The number of carbonyl (C=O) groups is 2. The van der Waals surface area contributed by atoms with E-state index in [9.17, 15) is 9.59 Å². The highest BCUT2D eigenvalue weighted by Crippen LogP contribution is 2.18. The van der Waals surface area contributed by atoms with Gasteiger partial charge in [0.15, 0.2) is 0 Å². The third-order valence-electron chi connectivity index (χ3n) is 3.39. The highest BCUT2D eigenvalue weighted by molar-refractivity contribution is 5.76. The number of amides is 1. The van der Waals surface area contributed by atoms with Crippen molar-refractivity contribution < 1.29 is 14.7 Å². The van der Waals surface area contributed by atoms with Crippen LogP contribution in [0.4, 0.5) is 0 Å². The zero-order valence-corrected chi connectivity index (χ0v) is 10.7. The van der Waals surface area contributed by atoms with Crippen LogP contribution in [0.25, 0.3) is 0 Å². The van der Waals surface area contributed by atoms with E-state index in [0.29, 0.717) is 25.4 Å². The average Bonchev–Trinajstić information content (AvgIpc) is 2.63. The number of carboxylic acids is 1. The molecule has 0 aromatic heterocycles. The Labute approximate surface area is 102 Å². The van der Waals surface area contributed by atoms with Gasteiger partial charge in [0.25, 0.3) is 0 Å². The lowest BCUT2D eigenvalue weighted by Gasteiger charge is -2.22. The van der Waals surface area contributed by atoms with Crippen LogP contribution in [0.3, 0.4) is 0 Å². The van der Waals surface area contributed by atoms with Gasteiger partial charge in [-0.25, -0.2) is 0 Å². The van der Waals surface area contributed by atoms with Gasteiger partial charge in [-0.05, 0) is 32.9 Å². The van der Waals surface area contributed by atoms with Crippen molar-refractivity contribution in [3.05, 3.63) is 0 Å². The molecule has 1 heterocycles. The molecule has 1 saturated heterocycles. The number of carboxylic acid groups (broad SMARTS) is 1. The molecule has 5 heteroatoms. The number of hydrogen-bond acceptors (Lipinski definition) is 3. The highest BCUT2D eigenvalue weighted by Gasteiger charge is 2.24. The Hall–Kier alpha value is -1.10. The van der Waals surface area contributed by atoms with Crippen molar-refractivity contribution in [1.82, 2.24) is 9.80 Å². The minimum atomic E-state index is -0.804. The van der Waals surface area contributed by atoms with E-state index in [1.165, 1.54) is 0 Å². The Morgan fingerprint density at radius 1 is 1.47 bits per heavy atom. The summed E-state index contributed by atoms with van der Waals surface area (Å²) in [7, 11) is 3.80. The Morgan fingerprint density at radius 3 is 2.71 bits per heavy atom. The monoisotopic (exact) mass is 242 g/mol. The first kappa shape index (κ1) is 14.0. The van der Waals surface area contributed by atoms with Crippen molar-refractivity contribution in [2.45, 2.75) is 38.1 Å². The summed E-state index contributed by atoms with van der Waals surface area (Å²) in [4.78, 5) is 26.1. The Kier molecular flexibility index (Phi) is 5.41. The van der Waals surface area contributed by atoms with E-state index >= 15 is 0 Å². The Bertz CT molecular complexity index is 281. The van der Waals surface area contributed by atoms with E-state index < -0.39 is 5.97 Å². The van der Waals surface area contributed by atoms with Crippen molar-refractivity contribution in [3.63, 3.8) is 0 Å². The summed E-state index contributed by atoms with van der Waals surface area (Å²) in [6, 6.07) is 0.365. The van der Waals surface area contributed by atoms with E-state index in [1.54, 1.807) is 11.9 Å². The van der Waals surface area contributed by atoms with Gasteiger partial charge >= 0.3 is 5.97 Å². The van der Waals surface area contributed by atoms with E-state index in [-0.39, 0.29) is 12.3 Å². The van der Waals surface area contributed by atoms with Gasteiger partial charge in [-0.1, -0.05) is 0 Å². The molecule has 1 fully saturated rings. The SMILES string of the molecule is CN(CCCC(=O)O)C(=O)CC1CCCN1C. The minimum Gasteiger partial charge on any atom is -0.481 e. The topological polar surface area (TPSA) is 60.9 Å². The first-order valence-electron chi connectivity index (χ1n) is 6.16. The maximum atomic E-state index is 11.9. The van der Waals surface area contributed by atoms with Crippen LogP contribution < -0.4 is 0 Å². The van der Waals surface area contributed by atoms with E-state index in [1.807, 2.05) is 0 Å². The predicted octanol–water partition coefficient (Wildman–Crippen LogP) is 0.794. The van der Waals surface area contributed by atoms with Crippen LogP contribution in [0.2, 0.25) is 0 Å². The standard InChI is InChI=1S/C12H22N2O3/c1-13-7-3-5-10(13)9-11(15)14(2)8-4-6-12(16)17/h10H,3-9H2,1-2H3,(H,16,17). The maximum Gasteiger partial charge on any atom is 0.303 e. The molecule has 0 aromatic rings. The van der Waals surface area contributed by atoms with Crippen LogP contribution in [0.5, 0.6) is 0 Å². The summed E-state index contributed by atoms with van der Waals surface area (Å²) in [6.45, 7) is 1.60. The number of likely N-dealkylation sites (tertiary alicyclic amines) is 1. The van der Waals surface area contributed by atoms with Gasteiger partial charge in [0.05, 0.1) is 0 Å². The molecule has 1 aliphatic heterocycles. The second kappa shape index (κ2) is 6.59. The first-order chi connectivity index (χ1) is 8.00. The van der Waals surface area contributed by atoms with Gasteiger partial charge in [-0.15, -0.1) is 0 Å². The molecular weight excluding hydrogens is 220 g/mol. The molecule has 0 aliphatic carbocycles. The summed E-state index contributed by atoms with van der Waals surface area (Å²) in [5, 5.41) is 8.52. The van der Waals surface area contributed by atoms with Crippen LogP contribution >= 0.6 is 0 Å². The number of rotatable bonds is 6. The molecule has 5 nitrogen and oxygen atoms in total. The molecule has 1 aliphatic rings. The molecule has 0 aromatic carbocycles. The minimum absolute atomic E-state index is 0.120. The predicted molar refractivity (Wildman–Crippen MR) is 64.8 cm³/mol. The van der Waals surface area contributed by atoms with Gasteiger partial charge in [0.1, 0.15) is 0 Å². The van der Waals surface area contributed by atoms with Crippen molar-refractivity contribution >= 4 is 11.9 Å². The van der Waals surface area contributed by atoms with Gasteiger partial charge in [0, 0.05) is 32.5 Å². The van der Waals surface area contributed by atoms with Gasteiger partial charge in [0.2, 0.25) is 5.91 Å². The summed E-state index contributed by atoms with van der Waals surface area (Å²) in [5.74, 6) is -0.685. The van der Waals surface area contributed by atoms with Crippen molar-refractivity contribution in [3.8, 4) is 0 Å². The normalized spacial score (nSPS) is 20.5. The number of hydrogen-bond donors (Lipinski definition) is 1. The molecule has 1 atom stereocenters. The molecule has 1 N–H and O–H groups in total. The fourth-order valence-electron chi connectivity index (χ4n) is 2.19. The summed E-state index contributed by atoms with van der Waals surface area (Å²) in [6.07, 6.45) is 3.46. The summed E-state index contributed by atoms with van der Waals surface area (Å²) in [5.41, 5.74) is 0. The second-order valence-electron chi connectivity index (χ2n) is 4.79. The van der Waals surface area contributed by atoms with Crippen LogP contribution in [-0.2, 0) is 9.59 Å². The lowest BCUT2D eigenvalue weighted by atomic mass is 10.1. The summed E-state index contributed by atoms with van der Waals surface area (Å²) >= 11 is 0.